The highest BCUT2D eigenvalue weighted by molar-refractivity contribution is 5.90. The maximum absolute atomic E-state index is 9.95. The molecule has 0 aliphatic rings. The number of fused-ring (bicyclic) bond motifs is 1. The van der Waals surface area contributed by atoms with Gasteiger partial charge in [-0.1, -0.05) is 18.2 Å². The Labute approximate surface area is 191 Å². The average Bonchev–Trinajstić information content (AvgIpc) is 2.71. The Hall–Kier alpha value is -3.10. The summed E-state index contributed by atoms with van der Waals surface area (Å²) >= 11 is 0. The van der Waals surface area contributed by atoms with E-state index in [0.29, 0.717) is 24.5 Å². The zero-order chi connectivity index (χ0) is 23.5. The summed E-state index contributed by atoms with van der Waals surface area (Å²) in [5.41, 5.74) is 2.66. The van der Waals surface area contributed by atoms with Crippen molar-refractivity contribution in [2.75, 3.05) is 25.6 Å². The second-order valence-electron chi connectivity index (χ2n) is 9.86. The molecule has 1 heterocycles. The van der Waals surface area contributed by atoms with Gasteiger partial charge < -0.3 is 14.4 Å². The molecule has 0 saturated carbocycles. The second kappa shape index (κ2) is 9.18. The predicted molar refractivity (Wildman–Crippen MR) is 131 cm³/mol. The highest BCUT2D eigenvalue weighted by Crippen LogP contribution is 2.33. The SMILES string of the molecule is CN(C)c1ccc2cc(-c3ccnc(OC(C)(C)CCOC(C)(C)C)c3C#N)ccc2c1. The molecule has 5 heteroatoms. The van der Waals surface area contributed by atoms with Crippen LogP contribution in [-0.2, 0) is 4.74 Å². The Kier molecular flexibility index (Phi) is 6.76. The monoisotopic (exact) mass is 431 g/mol. The number of anilines is 1. The fourth-order valence-corrected chi connectivity index (χ4v) is 3.46. The van der Waals surface area contributed by atoms with Crippen LogP contribution in [0.25, 0.3) is 21.9 Å². The minimum absolute atomic E-state index is 0.199. The van der Waals surface area contributed by atoms with Crippen LogP contribution in [0.1, 0.15) is 46.6 Å². The van der Waals surface area contributed by atoms with Gasteiger partial charge in [-0.15, -0.1) is 0 Å². The Morgan fingerprint density at radius 3 is 2.31 bits per heavy atom. The zero-order valence-electron chi connectivity index (χ0n) is 20.2. The third-order valence-corrected chi connectivity index (χ3v) is 5.29. The molecule has 3 rings (SSSR count). The summed E-state index contributed by atoms with van der Waals surface area (Å²) in [5.74, 6) is 0.355. The van der Waals surface area contributed by atoms with E-state index >= 15 is 0 Å². The Morgan fingerprint density at radius 1 is 0.969 bits per heavy atom. The van der Waals surface area contributed by atoms with Crippen molar-refractivity contribution < 1.29 is 9.47 Å². The van der Waals surface area contributed by atoms with Crippen molar-refractivity contribution in [2.24, 2.45) is 0 Å². The smallest absolute Gasteiger partial charge is 0.232 e. The van der Waals surface area contributed by atoms with E-state index in [-0.39, 0.29) is 5.60 Å². The van der Waals surface area contributed by atoms with Crippen LogP contribution in [0.2, 0.25) is 0 Å². The minimum atomic E-state index is -0.519. The fourth-order valence-electron chi connectivity index (χ4n) is 3.46. The molecule has 0 aliphatic carbocycles. The summed E-state index contributed by atoms with van der Waals surface area (Å²) < 4.78 is 12.1. The molecular formula is C27H33N3O2. The molecule has 0 bridgehead atoms. The van der Waals surface area contributed by atoms with Crippen LogP contribution in [0.5, 0.6) is 5.88 Å². The topological polar surface area (TPSA) is 58.4 Å². The lowest BCUT2D eigenvalue weighted by atomic mass is 9.98. The van der Waals surface area contributed by atoms with Crippen LogP contribution in [0, 0.1) is 11.3 Å². The molecule has 0 amide bonds. The van der Waals surface area contributed by atoms with Gasteiger partial charge in [0.1, 0.15) is 17.2 Å². The van der Waals surface area contributed by atoms with Crippen molar-refractivity contribution in [3.63, 3.8) is 0 Å². The maximum atomic E-state index is 9.95. The van der Waals surface area contributed by atoms with Crippen molar-refractivity contribution in [1.82, 2.24) is 4.98 Å². The van der Waals surface area contributed by atoms with Gasteiger partial charge in [0, 0.05) is 38.0 Å². The van der Waals surface area contributed by atoms with Gasteiger partial charge in [0.2, 0.25) is 5.88 Å². The van der Waals surface area contributed by atoms with E-state index < -0.39 is 5.60 Å². The summed E-state index contributed by atoms with van der Waals surface area (Å²) in [6.07, 6.45) is 2.39. The highest BCUT2D eigenvalue weighted by Gasteiger charge is 2.25. The average molecular weight is 432 g/mol. The molecule has 2 aromatic carbocycles. The quantitative estimate of drug-likeness (QED) is 0.446. The van der Waals surface area contributed by atoms with Gasteiger partial charge in [-0.25, -0.2) is 4.98 Å². The molecule has 0 saturated heterocycles. The van der Waals surface area contributed by atoms with E-state index in [4.69, 9.17) is 9.47 Å². The van der Waals surface area contributed by atoms with Gasteiger partial charge in [-0.3, -0.25) is 0 Å². The first-order valence-electron chi connectivity index (χ1n) is 10.9. The van der Waals surface area contributed by atoms with E-state index in [1.807, 2.05) is 60.8 Å². The molecule has 1 aromatic heterocycles. The number of hydrogen-bond donors (Lipinski definition) is 0. The van der Waals surface area contributed by atoms with Gasteiger partial charge in [0.15, 0.2) is 0 Å². The number of aromatic nitrogens is 1. The van der Waals surface area contributed by atoms with E-state index in [0.717, 1.165) is 27.6 Å². The molecule has 0 spiro atoms. The van der Waals surface area contributed by atoms with Crippen molar-refractivity contribution >= 4 is 16.5 Å². The molecule has 0 aliphatic heterocycles. The van der Waals surface area contributed by atoms with Crippen LogP contribution in [0.3, 0.4) is 0 Å². The largest absolute Gasteiger partial charge is 0.471 e. The van der Waals surface area contributed by atoms with E-state index in [1.165, 1.54) is 0 Å². The number of rotatable bonds is 7. The number of nitrogens with zero attached hydrogens (tertiary/aromatic N) is 3. The van der Waals surface area contributed by atoms with Crippen LogP contribution in [0.15, 0.2) is 48.7 Å². The van der Waals surface area contributed by atoms with E-state index in [1.54, 1.807) is 6.20 Å². The summed E-state index contributed by atoms with van der Waals surface area (Å²) in [6.45, 7) is 10.6. The molecule has 5 nitrogen and oxygen atoms in total. The molecular weight excluding hydrogens is 398 g/mol. The van der Waals surface area contributed by atoms with Crippen molar-refractivity contribution in [2.45, 2.75) is 52.2 Å². The van der Waals surface area contributed by atoms with Crippen molar-refractivity contribution in [1.29, 1.82) is 5.26 Å². The maximum Gasteiger partial charge on any atom is 0.232 e. The fraction of sp³-hybridized carbons (Fsp3) is 0.407. The lowest BCUT2D eigenvalue weighted by Gasteiger charge is -2.28. The lowest BCUT2D eigenvalue weighted by Crippen LogP contribution is -2.32. The molecule has 3 aromatic rings. The first-order valence-corrected chi connectivity index (χ1v) is 10.9. The summed E-state index contributed by atoms with van der Waals surface area (Å²) in [5, 5.41) is 12.2. The molecule has 0 unspecified atom stereocenters. The van der Waals surface area contributed by atoms with E-state index in [2.05, 4.69) is 46.3 Å². The van der Waals surface area contributed by atoms with Crippen LogP contribution in [0.4, 0.5) is 5.69 Å². The van der Waals surface area contributed by atoms with Gasteiger partial charge in [-0.05, 0) is 75.2 Å². The number of pyridine rings is 1. The first kappa shape index (κ1) is 23.6. The lowest BCUT2D eigenvalue weighted by molar-refractivity contribution is -0.0300. The molecule has 0 radical (unpaired) electrons. The predicted octanol–water partition coefficient (Wildman–Crippen LogP) is 6.20. The number of nitriles is 1. The summed E-state index contributed by atoms with van der Waals surface area (Å²) in [7, 11) is 4.06. The number of ether oxygens (including phenoxy) is 2. The number of benzene rings is 2. The molecule has 0 atom stereocenters. The van der Waals surface area contributed by atoms with Crippen molar-refractivity contribution in [3.8, 4) is 23.1 Å². The van der Waals surface area contributed by atoms with E-state index in [9.17, 15) is 5.26 Å². The van der Waals surface area contributed by atoms with Gasteiger partial charge >= 0.3 is 0 Å². The van der Waals surface area contributed by atoms with Crippen LogP contribution < -0.4 is 9.64 Å². The standard InChI is InChI=1S/C27H33N3O2/c1-26(2,3)31-15-13-27(4,5)32-25-24(18-28)23(12-14-29-25)21-9-8-20-17-22(30(6)7)11-10-19(20)16-21/h8-12,14,16-17H,13,15H2,1-7H3. The third kappa shape index (κ3) is 5.77. The van der Waals surface area contributed by atoms with Gasteiger partial charge in [0.05, 0.1) is 12.2 Å². The Bertz CT molecular complexity index is 1140. The third-order valence-electron chi connectivity index (χ3n) is 5.29. The minimum Gasteiger partial charge on any atom is -0.471 e. The molecule has 0 fully saturated rings. The second-order valence-corrected chi connectivity index (χ2v) is 9.86. The van der Waals surface area contributed by atoms with Gasteiger partial charge in [0.25, 0.3) is 0 Å². The normalized spacial score (nSPS) is 11.9. The van der Waals surface area contributed by atoms with Crippen LogP contribution >= 0.6 is 0 Å². The highest BCUT2D eigenvalue weighted by atomic mass is 16.5. The summed E-state index contributed by atoms with van der Waals surface area (Å²) in [4.78, 5) is 6.47. The molecule has 168 valence electrons. The van der Waals surface area contributed by atoms with Crippen molar-refractivity contribution in [3.05, 3.63) is 54.2 Å². The van der Waals surface area contributed by atoms with Gasteiger partial charge in [-0.2, -0.15) is 5.26 Å². The molecule has 32 heavy (non-hydrogen) atoms. The van der Waals surface area contributed by atoms with Crippen LogP contribution in [-0.4, -0.2) is 36.9 Å². The summed E-state index contributed by atoms with van der Waals surface area (Å²) in [6, 6.07) is 16.8. The first-order chi connectivity index (χ1) is 15.0. The Morgan fingerprint density at radius 2 is 1.66 bits per heavy atom. The number of hydrogen-bond acceptors (Lipinski definition) is 5. The Balaban J connectivity index is 1.90. The zero-order valence-corrected chi connectivity index (χ0v) is 20.2. The molecule has 0 N–H and O–H groups in total.